The minimum Gasteiger partial charge on any atom is -0.450 e. The summed E-state index contributed by atoms with van der Waals surface area (Å²) in [6.45, 7) is 0. The average Bonchev–Trinajstić information content (AvgIpc) is 2.27. The van der Waals surface area contributed by atoms with Gasteiger partial charge in [-0.2, -0.15) is 0 Å². The molecule has 1 aromatic rings. The van der Waals surface area contributed by atoms with Crippen LogP contribution in [0.15, 0.2) is 18.2 Å². The van der Waals surface area contributed by atoms with Crippen molar-refractivity contribution in [1.29, 1.82) is 0 Å². The van der Waals surface area contributed by atoms with Crippen LogP contribution < -0.4 is 4.74 Å². The summed E-state index contributed by atoms with van der Waals surface area (Å²) >= 11 is 0. The van der Waals surface area contributed by atoms with Crippen molar-refractivity contribution in [1.82, 2.24) is 0 Å². The third-order valence-electron chi connectivity index (χ3n) is 2.83. The Kier molecular flexibility index (Phi) is 3.36. The molecule has 1 aliphatic rings. The lowest BCUT2D eigenvalue weighted by molar-refractivity contribution is 0.0428. The van der Waals surface area contributed by atoms with E-state index in [4.69, 9.17) is 14.9 Å². The van der Waals surface area contributed by atoms with Gasteiger partial charge in [0, 0.05) is 5.56 Å². The summed E-state index contributed by atoms with van der Waals surface area (Å²) in [5, 5.41) is 17.3. The number of hydrogen-bond acceptors (Lipinski definition) is 4. The quantitative estimate of drug-likeness (QED) is 0.621. The highest BCUT2D eigenvalue weighted by atomic mass is 16.7. The molecule has 1 aromatic carbocycles. The van der Waals surface area contributed by atoms with E-state index in [1.807, 2.05) is 6.07 Å². The Hall–Kier alpha value is -2.24. The molecule has 1 unspecified atom stereocenters. The van der Waals surface area contributed by atoms with E-state index in [1.54, 1.807) is 6.07 Å². The van der Waals surface area contributed by atoms with Crippen LogP contribution in [-0.4, -0.2) is 22.5 Å². The molecule has 6 heteroatoms. The van der Waals surface area contributed by atoms with E-state index in [9.17, 15) is 9.59 Å². The molecule has 0 heterocycles. The summed E-state index contributed by atoms with van der Waals surface area (Å²) in [5.74, 6) is 0.144. The van der Waals surface area contributed by atoms with Gasteiger partial charge in [-0.3, -0.25) is 0 Å². The molecule has 96 valence electrons. The Morgan fingerprint density at radius 2 is 2.00 bits per heavy atom. The third-order valence-corrected chi connectivity index (χ3v) is 2.83. The molecule has 1 atom stereocenters. The van der Waals surface area contributed by atoms with Crippen LogP contribution in [0.1, 0.15) is 30.1 Å². The third kappa shape index (κ3) is 2.53. The molecule has 2 N–H and O–H groups in total. The number of carboxylic acid groups (broad SMARTS) is 2. The Labute approximate surface area is 103 Å². The lowest BCUT2D eigenvalue weighted by Crippen LogP contribution is -2.18. The van der Waals surface area contributed by atoms with Crippen molar-refractivity contribution < 1.29 is 29.3 Å². The van der Waals surface area contributed by atoms with Crippen molar-refractivity contribution in [2.24, 2.45) is 0 Å². The first kappa shape index (κ1) is 12.2. The summed E-state index contributed by atoms with van der Waals surface area (Å²) in [6, 6.07) is 5.00. The number of hydrogen-bond donors (Lipinski definition) is 2. The van der Waals surface area contributed by atoms with Gasteiger partial charge in [0.05, 0.1) is 0 Å². The van der Waals surface area contributed by atoms with Gasteiger partial charge in [0.2, 0.25) is 0 Å². The second-order valence-electron chi connectivity index (χ2n) is 3.96. The zero-order valence-corrected chi connectivity index (χ0v) is 9.46. The lowest BCUT2D eigenvalue weighted by atomic mass is 9.88. The van der Waals surface area contributed by atoms with Gasteiger partial charge in [-0.15, -0.1) is 0 Å². The molecule has 0 saturated heterocycles. The van der Waals surface area contributed by atoms with Gasteiger partial charge in [0.25, 0.3) is 0 Å². The van der Waals surface area contributed by atoms with Crippen LogP contribution in [0.5, 0.6) is 5.75 Å². The van der Waals surface area contributed by atoms with Crippen molar-refractivity contribution in [3.05, 3.63) is 29.3 Å². The van der Waals surface area contributed by atoms with Gasteiger partial charge in [-0.1, -0.05) is 12.1 Å². The van der Waals surface area contributed by atoms with Gasteiger partial charge in [-0.25, -0.2) is 9.59 Å². The number of fused-ring (bicyclic) bond motifs is 1. The van der Waals surface area contributed by atoms with Gasteiger partial charge in [0.1, 0.15) is 11.9 Å². The van der Waals surface area contributed by atoms with Gasteiger partial charge >= 0.3 is 12.3 Å². The van der Waals surface area contributed by atoms with Crippen molar-refractivity contribution >= 4 is 12.3 Å². The summed E-state index contributed by atoms with van der Waals surface area (Å²) in [4.78, 5) is 21.2. The van der Waals surface area contributed by atoms with Gasteiger partial charge < -0.3 is 19.7 Å². The summed E-state index contributed by atoms with van der Waals surface area (Å²) in [7, 11) is 0. The van der Waals surface area contributed by atoms with Crippen molar-refractivity contribution in [2.45, 2.75) is 25.4 Å². The smallest absolute Gasteiger partial charge is 0.450 e. The number of carbonyl (C=O) groups is 2. The fourth-order valence-corrected chi connectivity index (χ4v) is 2.22. The predicted molar refractivity (Wildman–Crippen MR) is 59.9 cm³/mol. The van der Waals surface area contributed by atoms with Gasteiger partial charge in [0.15, 0.2) is 0 Å². The topological polar surface area (TPSA) is 93.1 Å². The van der Waals surface area contributed by atoms with Crippen molar-refractivity contribution in [3.63, 3.8) is 0 Å². The highest BCUT2D eigenvalue weighted by Gasteiger charge is 2.27. The highest BCUT2D eigenvalue weighted by Crippen LogP contribution is 2.38. The van der Waals surface area contributed by atoms with Crippen LogP contribution >= 0.6 is 0 Å². The minimum atomic E-state index is -1.43. The number of ether oxygens (including phenoxy) is 2. The van der Waals surface area contributed by atoms with E-state index < -0.39 is 18.4 Å². The molecule has 0 aliphatic heterocycles. The maximum atomic E-state index is 10.6. The molecule has 18 heavy (non-hydrogen) atoms. The molecule has 0 spiro atoms. The number of rotatable bonds is 2. The van der Waals surface area contributed by atoms with Crippen LogP contribution in [0.25, 0.3) is 0 Å². The summed E-state index contributed by atoms with van der Waals surface area (Å²) in [6.07, 6.45) is -1.39. The molecule has 0 saturated carbocycles. The Balaban J connectivity index is 2.38. The van der Waals surface area contributed by atoms with Crippen LogP contribution in [0.3, 0.4) is 0 Å². The van der Waals surface area contributed by atoms with Crippen LogP contribution in [0.2, 0.25) is 0 Å². The summed E-state index contributed by atoms with van der Waals surface area (Å²) in [5.41, 5.74) is 1.39. The van der Waals surface area contributed by atoms with Crippen LogP contribution in [0.4, 0.5) is 9.59 Å². The molecule has 0 amide bonds. The molecule has 0 fully saturated rings. The van der Waals surface area contributed by atoms with E-state index in [-0.39, 0.29) is 5.75 Å². The van der Waals surface area contributed by atoms with E-state index in [0.29, 0.717) is 12.0 Å². The molecule has 0 radical (unpaired) electrons. The lowest BCUT2D eigenvalue weighted by Gasteiger charge is -2.25. The molecule has 0 bridgehead atoms. The van der Waals surface area contributed by atoms with E-state index >= 15 is 0 Å². The minimum absolute atomic E-state index is 0.144. The molecular weight excluding hydrogens is 240 g/mol. The second kappa shape index (κ2) is 4.95. The molecule has 1 aliphatic carbocycles. The Bertz CT molecular complexity index is 481. The maximum absolute atomic E-state index is 10.6. The van der Waals surface area contributed by atoms with E-state index in [2.05, 4.69) is 4.74 Å². The predicted octanol–water partition coefficient (Wildman–Crippen LogP) is 2.82. The SMILES string of the molecule is O=C(O)Oc1cccc2c1C(OC(=O)O)CCC2. The van der Waals surface area contributed by atoms with Crippen LogP contribution in [-0.2, 0) is 11.2 Å². The molecule has 2 rings (SSSR count). The Morgan fingerprint density at radius 3 is 2.67 bits per heavy atom. The molecular formula is C12H12O6. The monoisotopic (exact) mass is 252 g/mol. The first-order chi connectivity index (χ1) is 8.58. The highest BCUT2D eigenvalue weighted by molar-refractivity contribution is 5.63. The normalized spacial score (nSPS) is 17.7. The number of benzene rings is 1. The maximum Gasteiger partial charge on any atom is 0.511 e. The average molecular weight is 252 g/mol. The zero-order chi connectivity index (χ0) is 13.1. The Morgan fingerprint density at radius 1 is 1.22 bits per heavy atom. The first-order valence-corrected chi connectivity index (χ1v) is 5.50. The van der Waals surface area contributed by atoms with Crippen molar-refractivity contribution in [2.75, 3.05) is 0 Å². The van der Waals surface area contributed by atoms with Crippen LogP contribution in [0, 0.1) is 0 Å². The second-order valence-corrected chi connectivity index (χ2v) is 3.96. The molecule has 0 aromatic heterocycles. The first-order valence-electron chi connectivity index (χ1n) is 5.50. The fourth-order valence-electron chi connectivity index (χ4n) is 2.22. The molecule has 6 nitrogen and oxygen atoms in total. The fraction of sp³-hybridized carbons (Fsp3) is 0.333. The summed E-state index contributed by atoms with van der Waals surface area (Å²) < 4.78 is 9.45. The van der Waals surface area contributed by atoms with Gasteiger partial charge in [-0.05, 0) is 30.9 Å². The van der Waals surface area contributed by atoms with E-state index in [0.717, 1.165) is 18.4 Å². The van der Waals surface area contributed by atoms with Crippen molar-refractivity contribution in [3.8, 4) is 5.75 Å². The zero-order valence-electron chi connectivity index (χ0n) is 9.46. The number of aryl methyl sites for hydroxylation is 1. The largest absolute Gasteiger partial charge is 0.511 e. The van der Waals surface area contributed by atoms with E-state index in [1.165, 1.54) is 6.07 Å². The standard InChI is InChI=1S/C12H12O6/c13-11(14)17-8-5-1-3-7-4-2-6-9(10(7)8)18-12(15)16/h1,3,5,9H,2,4,6H2,(H,13,14)(H,15,16).